The van der Waals surface area contributed by atoms with Crippen LogP contribution in [0.1, 0.15) is 11.5 Å². The van der Waals surface area contributed by atoms with E-state index in [-0.39, 0.29) is 0 Å². The van der Waals surface area contributed by atoms with E-state index in [1.165, 1.54) is 11.5 Å². The number of nitrogens with zero attached hydrogens (tertiary/aromatic N) is 3. The summed E-state index contributed by atoms with van der Waals surface area (Å²) < 4.78 is 5.08. The van der Waals surface area contributed by atoms with Crippen LogP contribution in [-0.2, 0) is 5.75 Å². The lowest BCUT2D eigenvalue weighted by molar-refractivity contribution is 1.09. The van der Waals surface area contributed by atoms with Gasteiger partial charge in [-0.05, 0) is 30.6 Å². The van der Waals surface area contributed by atoms with Gasteiger partial charge in [0, 0.05) is 5.75 Å². The molecule has 84 valence electrons. The van der Waals surface area contributed by atoms with E-state index in [1.807, 2.05) is 25.1 Å². The van der Waals surface area contributed by atoms with Gasteiger partial charge < -0.3 is 5.43 Å². The summed E-state index contributed by atoms with van der Waals surface area (Å²) in [6, 6.07) is 5.70. The molecule has 2 rings (SSSR count). The van der Waals surface area contributed by atoms with Crippen molar-refractivity contribution in [2.75, 3.05) is 5.43 Å². The van der Waals surface area contributed by atoms with Crippen molar-refractivity contribution in [2.24, 2.45) is 5.84 Å². The summed E-state index contributed by atoms with van der Waals surface area (Å²) in [7, 11) is 0. The zero-order chi connectivity index (χ0) is 11.4. The average Bonchev–Trinajstić information content (AvgIpc) is 2.73. The van der Waals surface area contributed by atoms with Crippen LogP contribution in [0.2, 0.25) is 0 Å². The molecule has 5 nitrogen and oxygen atoms in total. The molecule has 0 unspecified atom stereocenters. The molecule has 7 heteroatoms. The number of hydrogen-bond acceptors (Lipinski definition) is 7. The van der Waals surface area contributed by atoms with Gasteiger partial charge in [0.15, 0.2) is 4.34 Å². The van der Waals surface area contributed by atoms with Gasteiger partial charge >= 0.3 is 0 Å². The normalized spacial score (nSPS) is 10.4. The Balaban J connectivity index is 1.99. The van der Waals surface area contributed by atoms with Gasteiger partial charge in [0.05, 0.1) is 5.69 Å². The van der Waals surface area contributed by atoms with Gasteiger partial charge in [-0.3, -0.25) is 0 Å². The summed E-state index contributed by atoms with van der Waals surface area (Å²) in [6.45, 7) is 1.89. The van der Waals surface area contributed by atoms with Gasteiger partial charge in [0.2, 0.25) is 0 Å². The first-order valence-electron chi connectivity index (χ1n) is 4.63. The largest absolute Gasteiger partial charge is 0.308 e. The zero-order valence-electron chi connectivity index (χ0n) is 8.67. The molecule has 0 aliphatic rings. The van der Waals surface area contributed by atoms with E-state index in [0.29, 0.717) is 5.82 Å². The van der Waals surface area contributed by atoms with Crippen LogP contribution >= 0.6 is 23.3 Å². The van der Waals surface area contributed by atoms with Crippen LogP contribution in [0.25, 0.3) is 0 Å². The molecule has 0 saturated heterocycles. The van der Waals surface area contributed by atoms with Gasteiger partial charge in [-0.15, -0.1) is 0 Å². The van der Waals surface area contributed by atoms with E-state index in [1.54, 1.807) is 11.8 Å². The Morgan fingerprint density at radius 1 is 1.44 bits per heavy atom. The van der Waals surface area contributed by atoms with Crippen molar-refractivity contribution in [3.8, 4) is 0 Å². The van der Waals surface area contributed by atoms with E-state index < -0.39 is 0 Å². The van der Waals surface area contributed by atoms with Crippen molar-refractivity contribution in [3.05, 3.63) is 29.7 Å². The van der Waals surface area contributed by atoms with E-state index in [9.17, 15) is 0 Å². The lowest BCUT2D eigenvalue weighted by Gasteiger charge is -2.01. The number of hydrazine groups is 1. The summed E-state index contributed by atoms with van der Waals surface area (Å²) in [6.07, 6.45) is 0. The second-order valence-corrected chi connectivity index (χ2v) is 5.03. The van der Waals surface area contributed by atoms with Crippen molar-refractivity contribution >= 4 is 29.1 Å². The summed E-state index contributed by atoms with van der Waals surface area (Å²) in [4.78, 5) is 8.58. The van der Waals surface area contributed by atoms with Crippen molar-refractivity contribution < 1.29 is 0 Å². The summed E-state index contributed by atoms with van der Waals surface area (Å²) in [5, 5.41) is 0. The maximum Gasteiger partial charge on any atom is 0.170 e. The van der Waals surface area contributed by atoms with Crippen molar-refractivity contribution in [3.63, 3.8) is 0 Å². The third-order valence-electron chi connectivity index (χ3n) is 1.81. The molecule has 0 atom stereocenters. The molecule has 0 aromatic carbocycles. The highest BCUT2D eigenvalue weighted by Crippen LogP contribution is 2.23. The number of hydrogen-bond donors (Lipinski definition) is 2. The lowest BCUT2D eigenvalue weighted by atomic mass is 10.4. The fourth-order valence-corrected chi connectivity index (χ4v) is 2.66. The number of aryl methyl sites for hydroxylation is 1. The van der Waals surface area contributed by atoms with Gasteiger partial charge in [0.25, 0.3) is 0 Å². The SMILES string of the molecule is Cc1nsc(SCc2cccc(NN)n2)n1. The fourth-order valence-electron chi connectivity index (χ4n) is 1.11. The Kier molecular flexibility index (Phi) is 3.70. The number of thioether (sulfide) groups is 1. The third-order valence-corrected chi connectivity index (χ3v) is 3.77. The summed E-state index contributed by atoms with van der Waals surface area (Å²) >= 11 is 3.04. The molecule has 2 aromatic heterocycles. The molecule has 0 fully saturated rings. The van der Waals surface area contributed by atoms with E-state index in [4.69, 9.17) is 5.84 Å². The third kappa shape index (κ3) is 2.91. The van der Waals surface area contributed by atoms with Crippen molar-refractivity contribution in [2.45, 2.75) is 17.0 Å². The number of anilines is 1. The highest BCUT2D eigenvalue weighted by molar-refractivity contribution is 8.00. The predicted octanol–water partition coefficient (Wildman–Crippen LogP) is 1.82. The molecule has 0 aliphatic carbocycles. The van der Waals surface area contributed by atoms with Crippen LogP contribution in [0.4, 0.5) is 5.82 Å². The molecular weight excluding hydrogens is 242 g/mol. The number of pyridine rings is 1. The lowest BCUT2D eigenvalue weighted by Crippen LogP contribution is -2.08. The minimum atomic E-state index is 0.673. The molecule has 16 heavy (non-hydrogen) atoms. The molecule has 0 amide bonds. The van der Waals surface area contributed by atoms with Crippen LogP contribution < -0.4 is 11.3 Å². The number of nitrogens with two attached hydrogens (primary N) is 1. The van der Waals surface area contributed by atoms with Crippen LogP contribution in [0.5, 0.6) is 0 Å². The Morgan fingerprint density at radius 2 is 2.31 bits per heavy atom. The second-order valence-electron chi connectivity index (χ2n) is 3.05. The monoisotopic (exact) mass is 253 g/mol. The molecule has 0 bridgehead atoms. The van der Waals surface area contributed by atoms with E-state index in [0.717, 1.165) is 21.6 Å². The maximum absolute atomic E-state index is 5.29. The molecular formula is C9H11N5S2. The number of rotatable bonds is 4. The molecule has 0 radical (unpaired) electrons. The second kappa shape index (κ2) is 5.24. The van der Waals surface area contributed by atoms with Gasteiger partial charge in [-0.1, -0.05) is 17.8 Å². The standard InChI is InChI=1S/C9H11N5S2/c1-6-11-9(16-14-6)15-5-7-3-2-4-8(12-7)13-10/h2-4H,5,10H2,1H3,(H,12,13). The minimum Gasteiger partial charge on any atom is -0.308 e. The quantitative estimate of drug-likeness (QED) is 0.492. The first-order chi connectivity index (χ1) is 7.78. The summed E-state index contributed by atoms with van der Waals surface area (Å²) in [5.41, 5.74) is 3.49. The smallest absolute Gasteiger partial charge is 0.170 e. The van der Waals surface area contributed by atoms with E-state index in [2.05, 4.69) is 19.8 Å². The molecule has 3 N–H and O–H groups in total. The van der Waals surface area contributed by atoms with Gasteiger partial charge in [-0.25, -0.2) is 15.8 Å². The van der Waals surface area contributed by atoms with Crippen LogP contribution in [0.3, 0.4) is 0 Å². The summed E-state index contributed by atoms with van der Waals surface area (Å²) in [5.74, 6) is 7.55. The molecule has 0 saturated carbocycles. The van der Waals surface area contributed by atoms with Crippen LogP contribution in [0.15, 0.2) is 22.5 Å². The maximum atomic E-state index is 5.29. The molecule has 0 spiro atoms. The molecule has 0 aliphatic heterocycles. The Hall–Kier alpha value is -1.18. The highest BCUT2D eigenvalue weighted by Gasteiger charge is 2.03. The number of aromatic nitrogens is 3. The van der Waals surface area contributed by atoms with E-state index >= 15 is 0 Å². The Bertz CT molecular complexity index is 470. The Morgan fingerprint density at radius 3 is 3.00 bits per heavy atom. The van der Waals surface area contributed by atoms with Crippen molar-refractivity contribution in [1.29, 1.82) is 0 Å². The molecule has 2 aromatic rings. The van der Waals surface area contributed by atoms with Crippen molar-refractivity contribution in [1.82, 2.24) is 14.3 Å². The Labute approximate surface area is 102 Å². The first kappa shape index (κ1) is 11.3. The number of nitrogen functional groups attached to an aromatic ring is 1. The predicted molar refractivity (Wildman–Crippen MR) is 66.3 cm³/mol. The molecule has 2 heterocycles. The van der Waals surface area contributed by atoms with Crippen LogP contribution in [-0.4, -0.2) is 14.3 Å². The van der Waals surface area contributed by atoms with Crippen LogP contribution in [0, 0.1) is 6.92 Å². The fraction of sp³-hybridized carbons (Fsp3) is 0.222. The highest BCUT2D eigenvalue weighted by atomic mass is 32.2. The zero-order valence-corrected chi connectivity index (χ0v) is 10.3. The number of nitrogens with one attached hydrogen (secondary N) is 1. The first-order valence-corrected chi connectivity index (χ1v) is 6.39. The van der Waals surface area contributed by atoms with Gasteiger partial charge in [-0.2, -0.15) is 4.37 Å². The van der Waals surface area contributed by atoms with Gasteiger partial charge in [0.1, 0.15) is 11.6 Å². The minimum absolute atomic E-state index is 0.673. The topological polar surface area (TPSA) is 76.7 Å². The average molecular weight is 253 g/mol.